The summed E-state index contributed by atoms with van der Waals surface area (Å²) in [5, 5.41) is 3.20. The first-order valence-corrected chi connectivity index (χ1v) is 15.6. The summed E-state index contributed by atoms with van der Waals surface area (Å²) in [5.74, 6) is -0.244. The number of rotatable bonds is 12. The first-order valence-electron chi connectivity index (χ1n) is 13.8. The van der Waals surface area contributed by atoms with Gasteiger partial charge in [-0.1, -0.05) is 74.2 Å². The van der Waals surface area contributed by atoms with Crippen LogP contribution in [0.25, 0.3) is 0 Å². The number of amides is 2. The maximum Gasteiger partial charge on any atom is 0.243 e. The number of hydrogen-bond acceptors (Lipinski definition) is 4. The monoisotopic (exact) mass is 541 g/mol. The fourth-order valence-corrected chi connectivity index (χ4v) is 6.20. The van der Waals surface area contributed by atoms with Crippen LogP contribution in [-0.2, 0) is 26.2 Å². The molecule has 2 aromatic carbocycles. The van der Waals surface area contributed by atoms with E-state index in [4.69, 9.17) is 0 Å². The molecule has 1 saturated carbocycles. The summed E-state index contributed by atoms with van der Waals surface area (Å²) >= 11 is 0. The molecule has 38 heavy (non-hydrogen) atoms. The van der Waals surface area contributed by atoms with Gasteiger partial charge >= 0.3 is 0 Å². The van der Waals surface area contributed by atoms with E-state index in [1.807, 2.05) is 63.2 Å². The SMILES string of the molecule is CCC(C(=O)NC1CCCCC1)N(Cc1ccc(C)cc1)C(=O)CCCN(c1ccccc1C)S(C)(=O)=O. The lowest BCUT2D eigenvalue weighted by atomic mass is 9.95. The number of sulfonamides is 1. The molecule has 0 aliphatic heterocycles. The predicted molar refractivity (Wildman–Crippen MR) is 153 cm³/mol. The van der Waals surface area contributed by atoms with E-state index in [1.165, 1.54) is 17.0 Å². The molecule has 8 heteroatoms. The van der Waals surface area contributed by atoms with Crippen molar-refractivity contribution >= 4 is 27.5 Å². The number of aryl methyl sites for hydroxylation is 2. The summed E-state index contributed by atoms with van der Waals surface area (Å²) in [6.07, 6.45) is 7.60. The molecule has 1 aliphatic rings. The van der Waals surface area contributed by atoms with Gasteiger partial charge in [-0.3, -0.25) is 13.9 Å². The summed E-state index contributed by atoms with van der Waals surface area (Å²) in [5.41, 5.74) is 3.57. The minimum absolute atomic E-state index is 0.0995. The van der Waals surface area contributed by atoms with Crippen LogP contribution in [-0.4, -0.2) is 50.0 Å². The molecule has 0 radical (unpaired) electrons. The number of para-hydroxylation sites is 1. The lowest BCUT2D eigenvalue weighted by Gasteiger charge is -2.33. The second-order valence-corrected chi connectivity index (χ2v) is 12.4. The zero-order valence-corrected chi connectivity index (χ0v) is 24.1. The molecule has 7 nitrogen and oxygen atoms in total. The molecular weight excluding hydrogens is 498 g/mol. The molecule has 1 fully saturated rings. The van der Waals surface area contributed by atoms with E-state index in [9.17, 15) is 18.0 Å². The number of benzene rings is 2. The normalized spacial score (nSPS) is 15.1. The van der Waals surface area contributed by atoms with Crippen LogP contribution < -0.4 is 9.62 Å². The van der Waals surface area contributed by atoms with E-state index >= 15 is 0 Å². The minimum Gasteiger partial charge on any atom is -0.352 e. The number of carbonyl (C=O) groups is 2. The number of anilines is 1. The van der Waals surface area contributed by atoms with E-state index in [0.29, 0.717) is 25.1 Å². The molecule has 3 rings (SSSR count). The highest BCUT2D eigenvalue weighted by molar-refractivity contribution is 7.92. The van der Waals surface area contributed by atoms with Crippen LogP contribution in [0.5, 0.6) is 0 Å². The van der Waals surface area contributed by atoms with Crippen LogP contribution in [0.1, 0.15) is 75.0 Å². The van der Waals surface area contributed by atoms with Gasteiger partial charge < -0.3 is 10.2 Å². The molecule has 2 aromatic rings. The van der Waals surface area contributed by atoms with E-state index in [2.05, 4.69) is 5.32 Å². The van der Waals surface area contributed by atoms with Crippen LogP contribution in [0.4, 0.5) is 5.69 Å². The van der Waals surface area contributed by atoms with Gasteiger partial charge in [0.1, 0.15) is 6.04 Å². The van der Waals surface area contributed by atoms with Crippen molar-refractivity contribution in [3.8, 4) is 0 Å². The standard InChI is InChI=1S/C30H43N3O4S/c1-5-27(30(35)31-26-13-7-6-8-14-26)32(22-25-19-17-23(2)18-20-25)29(34)16-11-21-33(38(4,36)37)28-15-10-9-12-24(28)3/h9-10,12,15,17-20,26-27H,5-8,11,13-14,16,21-22H2,1-4H3,(H,31,35). The predicted octanol–water partition coefficient (Wildman–Crippen LogP) is 5.11. The average molecular weight is 542 g/mol. The highest BCUT2D eigenvalue weighted by Crippen LogP contribution is 2.23. The zero-order valence-electron chi connectivity index (χ0n) is 23.3. The Morgan fingerprint density at radius 1 is 1.00 bits per heavy atom. The minimum atomic E-state index is -3.52. The maximum atomic E-state index is 13.6. The summed E-state index contributed by atoms with van der Waals surface area (Å²) in [6, 6.07) is 14.9. The van der Waals surface area contributed by atoms with Gasteiger partial charge in [0.2, 0.25) is 21.8 Å². The van der Waals surface area contributed by atoms with Crippen molar-refractivity contribution in [1.29, 1.82) is 0 Å². The van der Waals surface area contributed by atoms with Crippen LogP contribution in [0, 0.1) is 13.8 Å². The van der Waals surface area contributed by atoms with Gasteiger partial charge in [0.25, 0.3) is 0 Å². The molecule has 1 N–H and O–H groups in total. The first kappa shape index (κ1) is 29.7. The Bertz CT molecular complexity index is 1170. The maximum absolute atomic E-state index is 13.6. The molecule has 0 aromatic heterocycles. The Morgan fingerprint density at radius 3 is 2.26 bits per heavy atom. The van der Waals surface area contributed by atoms with Crippen LogP contribution >= 0.6 is 0 Å². The number of carbonyl (C=O) groups excluding carboxylic acids is 2. The van der Waals surface area contributed by atoms with Crippen molar-refractivity contribution in [3.05, 3.63) is 65.2 Å². The van der Waals surface area contributed by atoms with Crippen molar-refractivity contribution in [1.82, 2.24) is 10.2 Å². The summed E-state index contributed by atoms with van der Waals surface area (Å²) in [6.45, 7) is 6.35. The van der Waals surface area contributed by atoms with Crippen LogP contribution in [0.2, 0.25) is 0 Å². The van der Waals surface area contributed by atoms with Gasteiger partial charge in [0, 0.05) is 25.6 Å². The third-order valence-electron chi connectivity index (χ3n) is 7.35. The topological polar surface area (TPSA) is 86.8 Å². The molecule has 1 unspecified atom stereocenters. The Kier molecular flexibility index (Phi) is 10.8. The molecule has 0 spiro atoms. The Balaban J connectivity index is 1.76. The highest BCUT2D eigenvalue weighted by Gasteiger charge is 2.30. The number of hydrogen-bond donors (Lipinski definition) is 1. The second-order valence-electron chi connectivity index (χ2n) is 10.5. The van der Waals surface area contributed by atoms with E-state index in [0.717, 1.165) is 42.4 Å². The Morgan fingerprint density at radius 2 is 1.66 bits per heavy atom. The summed E-state index contributed by atoms with van der Waals surface area (Å²) in [7, 11) is -3.52. The Labute approximate surface area is 228 Å². The number of nitrogens with zero attached hydrogens (tertiary/aromatic N) is 2. The van der Waals surface area contributed by atoms with Crippen molar-refractivity contribution < 1.29 is 18.0 Å². The van der Waals surface area contributed by atoms with E-state index in [-0.39, 0.29) is 30.8 Å². The van der Waals surface area contributed by atoms with Gasteiger partial charge in [0.05, 0.1) is 11.9 Å². The molecular formula is C30H43N3O4S. The van der Waals surface area contributed by atoms with Crippen LogP contribution in [0.15, 0.2) is 48.5 Å². The van der Waals surface area contributed by atoms with Crippen LogP contribution in [0.3, 0.4) is 0 Å². The Hall–Kier alpha value is -2.87. The third kappa shape index (κ3) is 8.32. The fraction of sp³-hybridized carbons (Fsp3) is 0.533. The van der Waals surface area contributed by atoms with Gasteiger partial charge in [0.15, 0.2) is 0 Å². The van der Waals surface area contributed by atoms with E-state index < -0.39 is 16.1 Å². The van der Waals surface area contributed by atoms with Gasteiger partial charge in [-0.25, -0.2) is 8.42 Å². The van der Waals surface area contributed by atoms with E-state index in [1.54, 1.807) is 11.0 Å². The summed E-state index contributed by atoms with van der Waals surface area (Å²) < 4.78 is 26.5. The van der Waals surface area contributed by atoms with Crippen molar-refractivity contribution in [2.75, 3.05) is 17.1 Å². The first-order chi connectivity index (χ1) is 18.1. The molecule has 1 aliphatic carbocycles. The molecule has 0 saturated heterocycles. The van der Waals surface area contributed by atoms with Gasteiger partial charge in [-0.2, -0.15) is 0 Å². The fourth-order valence-electron chi connectivity index (χ4n) is 5.18. The van der Waals surface area contributed by atoms with Gasteiger partial charge in [-0.05, 0) is 56.7 Å². The quantitative estimate of drug-likeness (QED) is 0.405. The molecule has 1 atom stereocenters. The van der Waals surface area contributed by atoms with Crippen molar-refractivity contribution in [2.45, 2.75) is 90.8 Å². The molecule has 0 heterocycles. The smallest absolute Gasteiger partial charge is 0.243 e. The lowest BCUT2D eigenvalue weighted by molar-refractivity contribution is -0.141. The second kappa shape index (κ2) is 13.8. The zero-order chi connectivity index (χ0) is 27.7. The number of nitrogens with one attached hydrogen (secondary N) is 1. The molecule has 208 valence electrons. The summed E-state index contributed by atoms with van der Waals surface area (Å²) in [4.78, 5) is 28.7. The molecule has 2 amide bonds. The van der Waals surface area contributed by atoms with Crippen molar-refractivity contribution in [2.24, 2.45) is 0 Å². The third-order valence-corrected chi connectivity index (χ3v) is 8.53. The van der Waals surface area contributed by atoms with Gasteiger partial charge in [-0.15, -0.1) is 0 Å². The average Bonchev–Trinajstić information content (AvgIpc) is 2.88. The largest absolute Gasteiger partial charge is 0.352 e. The lowest BCUT2D eigenvalue weighted by Crippen LogP contribution is -2.51. The molecule has 0 bridgehead atoms. The highest BCUT2D eigenvalue weighted by atomic mass is 32.2. The van der Waals surface area contributed by atoms with Crippen molar-refractivity contribution in [3.63, 3.8) is 0 Å².